The maximum atomic E-state index is 12.2. The summed E-state index contributed by atoms with van der Waals surface area (Å²) in [7, 11) is 0. The van der Waals surface area contributed by atoms with E-state index in [9.17, 15) is 14.4 Å². The van der Waals surface area contributed by atoms with Gasteiger partial charge in [-0.05, 0) is 24.1 Å². The van der Waals surface area contributed by atoms with Gasteiger partial charge in [0.25, 0.3) is 0 Å². The molecule has 1 atom stereocenters. The molecule has 0 radical (unpaired) electrons. The highest BCUT2D eigenvalue weighted by atomic mass is 32.1. The molecule has 0 unspecified atom stereocenters. The molecule has 3 heterocycles. The molecule has 2 aliphatic heterocycles. The fourth-order valence-corrected chi connectivity index (χ4v) is 3.64. The van der Waals surface area contributed by atoms with Crippen molar-refractivity contribution in [1.29, 1.82) is 0 Å². The number of hydrogen-bond donors (Lipinski definition) is 3. The van der Waals surface area contributed by atoms with Gasteiger partial charge >= 0.3 is 0 Å². The Morgan fingerprint density at radius 2 is 2.14 bits per heavy atom. The zero-order chi connectivity index (χ0) is 19.5. The summed E-state index contributed by atoms with van der Waals surface area (Å²) < 4.78 is 10.6. The smallest absolute Gasteiger partial charge is 0.248 e. The predicted octanol–water partition coefficient (Wildman–Crippen LogP) is 0.948. The normalized spacial score (nSPS) is 17.3. The largest absolute Gasteiger partial charge is 0.454 e. The molecular formula is C18H18N4O5S. The zero-order valence-corrected chi connectivity index (χ0v) is 15.6. The molecule has 146 valence electrons. The number of amides is 3. The lowest BCUT2D eigenvalue weighted by Crippen LogP contribution is -2.37. The molecule has 4 rings (SSSR count). The Hall–Kier alpha value is -3.14. The number of carbonyl (C=O) groups excluding carboxylic acids is 3. The molecule has 9 nitrogen and oxygen atoms in total. The first-order valence-electron chi connectivity index (χ1n) is 8.77. The van der Waals surface area contributed by atoms with Crippen LogP contribution in [0.1, 0.15) is 24.1 Å². The van der Waals surface area contributed by atoms with Gasteiger partial charge in [0.1, 0.15) is 6.04 Å². The van der Waals surface area contributed by atoms with Crippen molar-refractivity contribution in [3.8, 4) is 11.5 Å². The zero-order valence-electron chi connectivity index (χ0n) is 14.8. The Bertz CT molecular complexity index is 928. The first-order valence-corrected chi connectivity index (χ1v) is 9.64. The second-order valence-electron chi connectivity index (χ2n) is 6.43. The second-order valence-corrected chi connectivity index (χ2v) is 7.29. The second kappa shape index (κ2) is 7.85. The molecule has 2 aliphatic rings. The van der Waals surface area contributed by atoms with Crippen LogP contribution in [0.5, 0.6) is 11.5 Å². The van der Waals surface area contributed by atoms with Crippen molar-refractivity contribution in [3.63, 3.8) is 0 Å². The number of hydrogen-bond acceptors (Lipinski definition) is 7. The van der Waals surface area contributed by atoms with Crippen LogP contribution in [0.15, 0.2) is 23.6 Å². The number of fused-ring (bicyclic) bond motifs is 1. The van der Waals surface area contributed by atoms with E-state index in [1.54, 1.807) is 5.38 Å². The maximum absolute atomic E-state index is 12.2. The molecule has 0 spiro atoms. The number of carbonyl (C=O) groups is 3. The minimum Gasteiger partial charge on any atom is -0.454 e. The standard InChI is InChI=1S/C18H18N4O5S/c23-15-4-2-12(21-15)17(25)22-18-20-11(8-28-18)6-16(24)19-7-10-1-3-13-14(5-10)27-9-26-13/h1,3,5,8,12H,2,4,6-7,9H2,(H,19,24)(H,21,23)(H,20,22,25)/t12-/m0/s1. The lowest BCUT2D eigenvalue weighted by molar-refractivity contribution is -0.122. The molecule has 10 heteroatoms. The van der Waals surface area contributed by atoms with E-state index in [2.05, 4.69) is 20.9 Å². The Kier molecular flexibility index (Phi) is 5.11. The van der Waals surface area contributed by atoms with Crippen LogP contribution < -0.4 is 25.4 Å². The highest BCUT2D eigenvalue weighted by Crippen LogP contribution is 2.32. The fourth-order valence-electron chi connectivity index (χ4n) is 2.93. The molecule has 0 bridgehead atoms. The van der Waals surface area contributed by atoms with Gasteiger partial charge < -0.3 is 25.4 Å². The van der Waals surface area contributed by atoms with Gasteiger partial charge in [-0.2, -0.15) is 0 Å². The third kappa shape index (κ3) is 4.22. The number of anilines is 1. The van der Waals surface area contributed by atoms with E-state index >= 15 is 0 Å². The number of thiazole rings is 1. The van der Waals surface area contributed by atoms with Crippen LogP contribution in [0.3, 0.4) is 0 Å². The molecule has 2 aromatic rings. The highest BCUT2D eigenvalue weighted by Gasteiger charge is 2.27. The molecule has 3 amide bonds. The average molecular weight is 402 g/mol. The summed E-state index contributed by atoms with van der Waals surface area (Å²) in [6.07, 6.45) is 0.937. The van der Waals surface area contributed by atoms with Crippen molar-refractivity contribution >= 4 is 34.2 Å². The number of nitrogens with one attached hydrogen (secondary N) is 3. The van der Waals surface area contributed by atoms with Gasteiger partial charge in [-0.25, -0.2) is 4.98 Å². The van der Waals surface area contributed by atoms with Gasteiger partial charge in [0.2, 0.25) is 24.5 Å². The van der Waals surface area contributed by atoms with E-state index < -0.39 is 6.04 Å². The Balaban J connectivity index is 1.26. The van der Waals surface area contributed by atoms with Gasteiger partial charge in [0.15, 0.2) is 16.6 Å². The van der Waals surface area contributed by atoms with Crippen LogP contribution in [0, 0.1) is 0 Å². The highest BCUT2D eigenvalue weighted by molar-refractivity contribution is 7.13. The number of rotatable bonds is 6. The average Bonchev–Trinajstić information content (AvgIpc) is 3.40. The van der Waals surface area contributed by atoms with Crippen molar-refractivity contribution in [2.24, 2.45) is 0 Å². The third-order valence-electron chi connectivity index (χ3n) is 4.36. The molecule has 28 heavy (non-hydrogen) atoms. The molecule has 1 saturated heterocycles. The van der Waals surface area contributed by atoms with Crippen molar-refractivity contribution in [2.75, 3.05) is 12.1 Å². The third-order valence-corrected chi connectivity index (χ3v) is 5.17. The van der Waals surface area contributed by atoms with E-state index in [0.717, 1.165) is 5.56 Å². The molecule has 0 saturated carbocycles. The van der Waals surface area contributed by atoms with Crippen LogP contribution in [-0.4, -0.2) is 35.5 Å². The van der Waals surface area contributed by atoms with Gasteiger partial charge in [-0.1, -0.05) is 6.07 Å². The molecule has 3 N–H and O–H groups in total. The lowest BCUT2D eigenvalue weighted by atomic mass is 10.2. The number of nitrogens with zero attached hydrogens (tertiary/aromatic N) is 1. The summed E-state index contributed by atoms with van der Waals surface area (Å²) in [6.45, 7) is 0.575. The van der Waals surface area contributed by atoms with Crippen LogP contribution in [0.4, 0.5) is 5.13 Å². The van der Waals surface area contributed by atoms with Crippen molar-refractivity contribution in [2.45, 2.75) is 31.8 Å². The summed E-state index contributed by atoms with van der Waals surface area (Å²) in [5.41, 5.74) is 1.47. The van der Waals surface area contributed by atoms with Gasteiger partial charge in [-0.15, -0.1) is 11.3 Å². The first kappa shape index (κ1) is 18.2. The topological polar surface area (TPSA) is 119 Å². The summed E-state index contributed by atoms with van der Waals surface area (Å²) in [5, 5.41) is 10.2. The Morgan fingerprint density at radius 1 is 1.29 bits per heavy atom. The van der Waals surface area contributed by atoms with E-state index in [4.69, 9.17) is 9.47 Å². The Morgan fingerprint density at radius 3 is 2.96 bits per heavy atom. The molecule has 1 aromatic carbocycles. The van der Waals surface area contributed by atoms with Crippen LogP contribution in [0.25, 0.3) is 0 Å². The van der Waals surface area contributed by atoms with Crippen LogP contribution in [0.2, 0.25) is 0 Å². The van der Waals surface area contributed by atoms with Crippen LogP contribution in [-0.2, 0) is 27.3 Å². The van der Waals surface area contributed by atoms with E-state index in [0.29, 0.717) is 41.7 Å². The summed E-state index contributed by atoms with van der Waals surface area (Å²) in [5.74, 6) is 0.774. The van der Waals surface area contributed by atoms with Gasteiger partial charge in [0.05, 0.1) is 12.1 Å². The quantitative estimate of drug-likeness (QED) is 0.662. The van der Waals surface area contributed by atoms with Crippen molar-refractivity contribution in [3.05, 3.63) is 34.8 Å². The minimum absolute atomic E-state index is 0.108. The predicted molar refractivity (Wildman–Crippen MR) is 100 cm³/mol. The maximum Gasteiger partial charge on any atom is 0.248 e. The number of aromatic nitrogens is 1. The van der Waals surface area contributed by atoms with Gasteiger partial charge in [-0.3, -0.25) is 14.4 Å². The van der Waals surface area contributed by atoms with E-state index in [1.807, 2.05) is 18.2 Å². The monoisotopic (exact) mass is 402 g/mol. The summed E-state index contributed by atoms with van der Waals surface area (Å²) in [6, 6.07) is 4.99. The number of ether oxygens (including phenoxy) is 2. The molecule has 1 fully saturated rings. The SMILES string of the molecule is O=C(Cc1csc(NC(=O)[C@@H]2CCC(=O)N2)n1)NCc1ccc2c(c1)OCO2. The fraction of sp³-hybridized carbons (Fsp3) is 0.333. The molecule has 1 aromatic heterocycles. The first-order chi connectivity index (χ1) is 13.6. The Labute approximate surface area is 164 Å². The van der Waals surface area contributed by atoms with Crippen molar-refractivity contribution < 1.29 is 23.9 Å². The molecule has 0 aliphatic carbocycles. The van der Waals surface area contributed by atoms with Crippen LogP contribution >= 0.6 is 11.3 Å². The lowest BCUT2D eigenvalue weighted by Gasteiger charge is -2.08. The van der Waals surface area contributed by atoms with Crippen molar-refractivity contribution in [1.82, 2.24) is 15.6 Å². The molecular weight excluding hydrogens is 384 g/mol. The van der Waals surface area contributed by atoms with E-state index in [-0.39, 0.29) is 30.9 Å². The summed E-state index contributed by atoms with van der Waals surface area (Å²) >= 11 is 1.24. The summed E-state index contributed by atoms with van der Waals surface area (Å²) in [4.78, 5) is 39.7. The van der Waals surface area contributed by atoms with E-state index in [1.165, 1.54) is 11.3 Å². The van der Waals surface area contributed by atoms with Gasteiger partial charge in [0, 0.05) is 18.3 Å². The minimum atomic E-state index is -0.523. The number of benzene rings is 1.